The van der Waals surface area contributed by atoms with Crippen molar-refractivity contribution in [1.82, 2.24) is 4.90 Å². The number of nitrogens with two attached hydrogens (primary N) is 1. The molecule has 106 valence electrons. The molecule has 1 aromatic carbocycles. The Morgan fingerprint density at radius 3 is 3.00 bits per heavy atom. The van der Waals surface area contributed by atoms with Crippen LogP contribution in [-0.4, -0.2) is 29.9 Å². The van der Waals surface area contributed by atoms with E-state index in [1.54, 1.807) is 11.0 Å². The van der Waals surface area contributed by atoms with Crippen LogP contribution in [0.2, 0.25) is 0 Å². The van der Waals surface area contributed by atoms with Gasteiger partial charge in [0.2, 0.25) is 0 Å². The number of hydrogen-bond donors (Lipinski definition) is 1. The number of piperidine rings is 1. The van der Waals surface area contributed by atoms with E-state index in [0.717, 1.165) is 22.8 Å². The zero-order chi connectivity index (χ0) is 14.3. The zero-order valence-electron chi connectivity index (χ0n) is 11.3. The molecule has 1 aromatic heterocycles. The maximum atomic E-state index is 12.5. The molecular formula is C15H17BrN2O2. The van der Waals surface area contributed by atoms with Gasteiger partial charge in [-0.05, 0) is 40.4 Å². The number of halogens is 1. The molecule has 2 heterocycles. The Labute approximate surface area is 126 Å². The fourth-order valence-corrected chi connectivity index (χ4v) is 3.03. The molecule has 1 aliphatic heterocycles. The minimum Gasteiger partial charge on any atom is -0.450 e. The lowest BCUT2D eigenvalue weighted by atomic mass is 9.94. The molecule has 5 heteroatoms. The molecule has 2 N–H and O–H groups in total. The summed E-state index contributed by atoms with van der Waals surface area (Å²) in [5.74, 6) is 0.771. The van der Waals surface area contributed by atoms with Crippen molar-refractivity contribution >= 4 is 32.8 Å². The van der Waals surface area contributed by atoms with Crippen molar-refractivity contribution in [3.8, 4) is 0 Å². The van der Waals surface area contributed by atoms with Gasteiger partial charge in [0.05, 0.1) is 4.47 Å². The number of carbonyl (C=O) groups is 1. The van der Waals surface area contributed by atoms with Gasteiger partial charge in [-0.2, -0.15) is 0 Å². The fraction of sp³-hybridized carbons (Fsp3) is 0.400. The van der Waals surface area contributed by atoms with Crippen molar-refractivity contribution in [1.29, 1.82) is 0 Å². The second kappa shape index (κ2) is 5.22. The van der Waals surface area contributed by atoms with Crippen LogP contribution < -0.4 is 5.73 Å². The van der Waals surface area contributed by atoms with Crippen LogP contribution in [0.25, 0.3) is 11.0 Å². The molecule has 20 heavy (non-hydrogen) atoms. The number of para-hydroxylation sites is 1. The normalized spacial score (nSPS) is 23.2. The van der Waals surface area contributed by atoms with E-state index in [9.17, 15) is 4.79 Å². The third kappa shape index (κ3) is 2.36. The van der Waals surface area contributed by atoms with Gasteiger partial charge in [-0.25, -0.2) is 0 Å². The summed E-state index contributed by atoms with van der Waals surface area (Å²) in [6, 6.07) is 7.60. The van der Waals surface area contributed by atoms with E-state index >= 15 is 0 Å². The Hall–Kier alpha value is -1.33. The van der Waals surface area contributed by atoms with Crippen molar-refractivity contribution in [3.63, 3.8) is 0 Å². The first-order valence-electron chi connectivity index (χ1n) is 6.79. The molecule has 1 fully saturated rings. The van der Waals surface area contributed by atoms with E-state index in [0.29, 0.717) is 23.8 Å². The summed E-state index contributed by atoms with van der Waals surface area (Å²) < 4.78 is 6.56. The third-order valence-corrected chi connectivity index (χ3v) is 4.63. The van der Waals surface area contributed by atoms with Gasteiger partial charge < -0.3 is 15.1 Å². The number of likely N-dealkylation sites (tertiary alicyclic amines) is 1. The van der Waals surface area contributed by atoms with Gasteiger partial charge in [0.15, 0.2) is 5.76 Å². The van der Waals surface area contributed by atoms with Crippen LogP contribution in [0.3, 0.4) is 0 Å². The largest absolute Gasteiger partial charge is 0.450 e. The Morgan fingerprint density at radius 2 is 2.30 bits per heavy atom. The van der Waals surface area contributed by atoms with E-state index in [1.807, 2.05) is 18.2 Å². The van der Waals surface area contributed by atoms with Crippen molar-refractivity contribution in [2.45, 2.75) is 19.4 Å². The standard InChI is InChI=1S/C15H17BrN2O2/c1-9-5-6-18(8-12(9)17)15(19)13-7-10-3-2-4-11(16)14(10)20-13/h2-4,7,9,12H,5-6,8,17H2,1H3. The van der Waals surface area contributed by atoms with Crippen LogP contribution >= 0.6 is 15.9 Å². The molecule has 1 saturated heterocycles. The number of hydrogen-bond acceptors (Lipinski definition) is 3. The number of rotatable bonds is 1. The molecule has 0 saturated carbocycles. The highest BCUT2D eigenvalue weighted by Crippen LogP contribution is 2.28. The lowest BCUT2D eigenvalue weighted by Crippen LogP contribution is -2.49. The number of carbonyl (C=O) groups excluding carboxylic acids is 1. The van der Waals surface area contributed by atoms with Gasteiger partial charge in [0.1, 0.15) is 5.58 Å². The molecule has 0 aliphatic carbocycles. The highest BCUT2D eigenvalue weighted by atomic mass is 79.9. The van der Waals surface area contributed by atoms with Crippen LogP contribution in [0, 0.1) is 5.92 Å². The highest BCUT2D eigenvalue weighted by Gasteiger charge is 2.28. The summed E-state index contributed by atoms with van der Waals surface area (Å²) in [7, 11) is 0. The fourth-order valence-electron chi connectivity index (χ4n) is 2.57. The van der Waals surface area contributed by atoms with Gasteiger partial charge >= 0.3 is 0 Å². The average molecular weight is 337 g/mol. The molecule has 4 nitrogen and oxygen atoms in total. The van der Waals surface area contributed by atoms with E-state index in [4.69, 9.17) is 10.2 Å². The second-order valence-electron chi connectivity index (χ2n) is 5.45. The maximum absolute atomic E-state index is 12.5. The van der Waals surface area contributed by atoms with E-state index in [1.165, 1.54) is 0 Å². The monoisotopic (exact) mass is 336 g/mol. The Balaban J connectivity index is 1.87. The third-order valence-electron chi connectivity index (χ3n) is 4.01. The lowest BCUT2D eigenvalue weighted by molar-refractivity contribution is 0.0643. The topological polar surface area (TPSA) is 59.5 Å². The average Bonchev–Trinajstić information content (AvgIpc) is 2.86. The SMILES string of the molecule is CC1CCN(C(=O)c2cc3cccc(Br)c3o2)CC1N. The minimum absolute atomic E-state index is 0.0452. The zero-order valence-corrected chi connectivity index (χ0v) is 12.9. The van der Waals surface area contributed by atoms with Gasteiger partial charge in [-0.1, -0.05) is 19.1 Å². The van der Waals surface area contributed by atoms with Crippen molar-refractivity contribution in [3.05, 3.63) is 34.5 Å². The quantitative estimate of drug-likeness (QED) is 0.870. The van der Waals surface area contributed by atoms with Gasteiger partial charge in [-0.15, -0.1) is 0 Å². The van der Waals surface area contributed by atoms with Gasteiger partial charge in [-0.3, -0.25) is 4.79 Å². The summed E-state index contributed by atoms with van der Waals surface area (Å²) >= 11 is 3.43. The Morgan fingerprint density at radius 1 is 1.50 bits per heavy atom. The molecule has 2 unspecified atom stereocenters. The molecule has 0 bridgehead atoms. The van der Waals surface area contributed by atoms with Crippen molar-refractivity contribution in [2.75, 3.05) is 13.1 Å². The first-order chi connectivity index (χ1) is 9.56. The molecule has 1 amide bonds. The number of benzene rings is 1. The second-order valence-corrected chi connectivity index (χ2v) is 6.30. The predicted octanol–water partition coefficient (Wildman–Crippen LogP) is 3.00. The van der Waals surface area contributed by atoms with Gasteiger partial charge in [0, 0.05) is 24.5 Å². The van der Waals surface area contributed by atoms with Crippen LogP contribution in [0.1, 0.15) is 23.9 Å². The summed E-state index contributed by atoms with van der Waals surface area (Å²) in [6.07, 6.45) is 0.941. The van der Waals surface area contributed by atoms with Crippen LogP contribution in [0.15, 0.2) is 33.2 Å². The van der Waals surface area contributed by atoms with Crippen molar-refractivity contribution in [2.24, 2.45) is 11.7 Å². The Bertz CT molecular complexity index is 652. The van der Waals surface area contributed by atoms with Crippen LogP contribution in [0.5, 0.6) is 0 Å². The summed E-state index contributed by atoms with van der Waals surface area (Å²) in [4.78, 5) is 14.3. The molecule has 0 spiro atoms. The minimum atomic E-state index is -0.0737. The predicted molar refractivity (Wildman–Crippen MR) is 81.6 cm³/mol. The molecule has 3 rings (SSSR count). The molecule has 0 radical (unpaired) electrons. The number of amides is 1. The van der Waals surface area contributed by atoms with E-state index < -0.39 is 0 Å². The summed E-state index contributed by atoms with van der Waals surface area (Å²) in [5, 5.41) is 0.928. The number of fused-ring (bicyclic) bond motifs is 1. The number of furan rings is 1. The Kier molecular flexibility index (Phi) is 3.56. The maximum Gasteiger partial charge on any atom is 0.289 e. The van der Waals surface area contributed by atoms with Gasteiger partial charge in [0.25, 0.3) is 5.91 Å². The smallest absolute Gasteiger partial charge is 0.289 e. The first-order valence-corrected chi connectivity index (χ1v) is 7.58. The van der Waals surface area contributed by atoms with E-state index in [-0.39, 0.29) is 11.9 Å². The first kappa shape index (κ1) is 13.6. The lowest BCUT2D eigenvalue weighted by Gasteiger charge is -2.34. The van der Waals surface area contributed by atoms with E-state index in [2.05, 4.69) is 22.9 Å². The van der Waals surface area contributed by atoms with Crippen LogP contribution in [0.4, 0.5) is 0 Å². The molecule has 2 aromatic rings. The molecule has 2 atom stereocenters. The molecule has 1 aliphatic rings. The highest BCUT2D eigenvalue weighted by molar-refractivity contribution is 9.10. The molecular weight excluding hydrogens is 320 g/mol. The summed E-state index contributed by atoms with van der Waals surface area (Å²) in [5.41, 5.74) is 6.77. The van der Waals surface area contributed by atoms with Crippen molar-refractivity contribution < 1.29 is 9.21 Å². The van der Waals surface area contributed by atoms with Crippen LogP contribution in [-0.2, 0) is 0 Å². The number of nitrogens with zero attached hydrogens (tertiary/aromatic N) is 1. The summed E-state index contributed by atoms with van der Waals surface area (Å²) in [6.45, 7) is 3.47.